The van der Waals surface area contributed by atoms with Crippen LogP contribution in [-0.4, -0.2) is 0 Å². The molecule has 0 saturated heterocycles. The van der Waals surface area contributed by atoms with Crippen molar-refractivity contribution in [2.24, 2.45) is 44.8 Å². The quantitative estimate of drug-likeness (QED) is 0.0806. The van der Waals surface area contributed by atoms with E-state index in [-0.39, 0.29) is 29.3 Å². The van der Waals surface area contributed by atoms with Crippen LogP contribution in [0.1, 0.15) is 121 Å². The molecule has 0 radical (unpaired) electrons. The minimum absolute atomic E-state index is 0.0614. The van der Waals surface area contributed by atoms with Crippen molar-refractivity contribution in [2.75, 3.05) is 0 Å². The third kappa shape index (κ3) is 11.4. The highest BCUT2D eigenvalue weighted by Crippen LogP contribution is 2.35. The van der Waals surface area contributed by atoms with Gasteiger partial charge < -0.3 is 0 Å². The summed E-state index contributed by atoms with van der Waals surface area (Å²) < 4.78 is 54.6. The SMILES string of the molecule is Cc1ccc(C)c(-c2ccc3c(CC(C)CCC(C)Cc4cc5c(ccc(-c6cc(CCc7cc(C)cc(-c8ccc9c(CC(C)C)c(F)ccc9[n+]8C)c7C)cc(C)c6C)[n+]5C)cc4F)c(F)c(CC(C)C)cc3[n+]2C)c1. The zero-order chi connectivity index (χ0) is 56.0. The van der Waals surface area contributed by atoms with Crippen molar-refractivity contribution < 1.29 is 26.9 Å². The van der Waals surface area contributed by atoms with E-state index in [2.05, 4.69) is 209 Å². The lowest BCUT2D eigenvalue weighted by Gasteiger charge is -2.19. The Morgan fingerprint density at radius 3 is 1.69 bits per heavy atom. The van der Waals surface area contributed by atoms with Gasteiger partial charge in [-0.15, -0.1) is 0 Å². The van der Waals surface area contributed by atoms with Crippen molar-refractivity contribution in [2.45, 2.75) is 134 Å². The minimum atomic E-state index is -0.164. The van der Waals surface area contributed by atoms with Crippen LogP contribution >= 0.6 is 0 Å². The summed E-state index contributed by atoms with van der Waals surface area (Å²) in [4.78, 5) is 0. The molecule has 0 saturated carbocycles. The fraction of sp³-hybridized carbons (Fsp3) is 0.375. The van der Waals surface area contributed by atoms with E-state index in [9.17, 15) is 0 Å². The van der Waals surface area contributed by atoms with Crippen molar-refractivity contribution in [3.8, 4) is 33.8 Å². The van der Waals surface area contributed by atoms with Crippen LogP contribution in [0.5, 0.6) is 0 Å². The van der Waals surface area contributed by atoms with E-state index in [1.165, 1.54) is 61.2 Å². The van der Waals surface area contributed by atoms with Crippen LogP contribution in [0.3, 0.4) is 0 Å². The molecule has 0 N–H and O–H groups in total. The van der Waals surface area contributed by atoms with Crippen LogP contribution in [0.4, 0.5) is 13.2 Å². The van der Waals surface area contributed by atoms with Crippen molar-refractivity contribution in [3.05, 3.63) is 193 Å². The van der Waals surface area contributed by atoms with Gasteiger partial charge >= 0.3 is 0 Å². The fourth-order valence-electron chi connectivity index (χ4n) is 12.6. The first-order chi connectivity index (χ1) is 37.1. The zero-order valence-corrected chi connectivity index (χ0v) is 49.3. The molecule has 0 fully saturated rings. The monoisotopic (exact) mass is 1050 g/mol. The average molecular weight is 1050 g/mol. The number of nitrogens with zero attached hydrogens (tertiary/aromatic N) is 3. The molecule has 2 unspecified atom stereocenters. The molecule has 0 bridgehead atoms. The Morgan fingerprint density at radius 2 is 1.00 bits per heavy atom. The van der Waals surface area contributed by atoms with Gasteiger partial charge in [-0.3, -0.25) is 0 Å². The molecule has 3 aromatic heterocycles. The summed E-state index contributed by atoms with van der Waals surface area (Å²) in [5, 5.41) is 2.84. The lowest BCUT2D eigenvalue weighted by atomic mass is 9.87. The third-order valence-corrected chi connectivity index (χ3v) is 17.1. The van der Waals surface area contributed by atoms with Gasteiger partial charge in [-0.2, -0.15) is 13.7 Å². The number of hydrogen-bond donors (Lipinski definition) is 0. The van der Waals surface area contributed by atoms with Crippen LogP contribution < -0.4 is 13.7 Å². The summed E-state index contributed by atoms with van der Waals surface area (Å²) in [6.45, 7) is 26.2. The fourth-order valence-corrected chi connectivity index (χ4v) is 12.6. The third-order valence-electron chi connectivity index (χ3n) is 17.1. The molecule has 3 heterocycles. The first-order valence-electron chi connectivity index (χ1n) is 28.7. The van der Waals surface area contributed by atoms with Gasteiger partial charge in [0.25, 0.3) is 0 Å². The smallest absolute Gasteiger partial charge is 0.207 e. The molecule has 0 amide bonds. The molecule has 78 heavy (non-hydrogen) atoms. The molecule has 3 nitrogen and oxygen atoms in total. The van der Waals surface area contributed by atoms with Crippen molar-refractivity contribution in [1.82, 2.24) is 0 Å². The Morgan fingerprint density at radius 1 is 0.410 bits per heavy atom. The molecular weight excluding hydrogens is 964 g/mol. The van der Waals surface area contributed by atoms with Gasteiger partial charge in [0.15, 0.2) is 0 Å². The normalized spacial score (nSPS) is 12.8. The molecule has 0 aliphatic carbocycles. The van der Waals surface area contributed by atoms with Gasteiger partial charge in [0.2, 0.25) is 33.6 Å². The molecule has 9 rings (SSSR count). The Labute approximate surface area is 463 Å². The molecule has 404 valence electrons. The summed E-state index contributed by atoms with van der Waals surface area (Å²) >= 11 is 0. The van der Waals surface area contributed by atoms with Crippen molar-refractivity contribution >= 4 is 32.7 Å². The summed E-state index contributed by atoms with van der Waals surface area (Å²) in [5.74, 6) is 0.795. The zero-order valence-electron chi connectivity index (χ0n) is 49.3. The van der Waals surface area contributed by atoms with Crippen LogP contribution in [0.2, 0.25) is 0 Å². The minimum Gasteiger partial charge on any atom is -0.207 e. The number of fused-ring (bicyclic) bond motifs is 3. The predicted octanol–water partition coefficient (Wildman–Crippen LogP) is 16.9. The molecular formula is C72H83F3N3+3. The van der Waals surface area contributed by atoms with Crippen LogP contribution in [0.15, 0.2) is 109 Å². The summed E-state index contributed by atoms with van der Waals surface area (Å²) in [6, 6.07) is 38.1. The summed E-state index contributed by atoms with van der Waals surface area (Å²) in [5.41, 5.74) is 23.2. The molecule has 6 heteroatoms. The second kappa shape index (κ2) is 23.0. The maximum absolute atomic E-state index is 16.7. The number of halogens is 3. The Hall–Kier alpha value is -6.66. The van der Waals surface area contributed by atoms with E-state index in [0.29, 0.717) is 37.5 Å². The van der Waals surface area contributed by atoms with E-state index in [4.69, 9.17) is 0 Å². The molecule has 9 aromatic rings. The van der Waals surface area contributed by atoms with E-state index in [1.54, 1.807) is 12.1 Å². The maximum Gasteiger partial charge on any atom is 0.213 e. The number of hydrogen-bond acceptors (Lipinski definition) is 0. The number of benzene rings is 6. The molecule has 0 spiro atoms. The maximum atomic E-state index is 16.7. The highest BCUT2D eigenvalue weighted by Gasteiger charge is 2.27. The first-order valence-corrected chi connectivity index (χ1v) is 28.7. The molecule has 0 aliphatic heterocycles. The second-order valence-corrected chi connectivity index (χ2v) is 24.4. The largest absolute Gasteiger partial charge is 0.213 e. The summed E-state index contributed by atoms with van der Waals surface area (Å²) in [7, 11) is 6.33. The average Bonchev–Trinajstić information content (AvgIpc) is 3.48. The number of aromatic nitrogens is 3. The number of aryl methyl sites for hydroxylation is 9. The van der Waals surface area contributed by atoms with E-state index in [1.807, 2.05) is 6.07 Å². The Balaban J connectivity index is 0.924. The Bertz CT molecular complexity index is 3770. The van der Waals surface area contributed by atoms with Gasteiger partial charge in [-0.25, -0.2) is 13.2 Å². The van der Waals surface area contributed by atoms with Crippen LogP contribution in [0.25, 0.3) is 66.5 Å². The molecule has 6 aromatic carbocycles. The molecule has 2 atom stereocenters. The van der Waals surface area contributed by atoms with Gasteiger partial charge in [0.05, 0.1) is 10.8 Å². The summed E-state index contributed by atoms with van der Waals surface area (Å²) in [6.07, 6.45) is 6.27. The number of pyridine rings is 3. The van der Waals surface area contributed by atoms with Crippen LogP contribution in [0, 0.1) is 82.7 Å². The highest BCUT2D eigenvalue weighted by molar-refractivity contribution is 5.84. The van der Waals surface area contributed by atoms with E-state index >= 15 is 13.2 Å². The predicted molar refractivity (Wildman–Crippen MR) is 319 cm³/mol. The second-order valence-electron chi connectivity index (χ2n) is 24.4. The van der Waals surface area contributed by atoms with Crippen molar-refractivity contribution in [3.63, 3.8) is 0 Å². The Kier molecular flexibility index (Phi) is 16.5. The van der Waals surface area contributed by atoms with Gasteiger partial charge in [-0.1, -0.05) is 84.2 Å². The number of rotatable bonds is 17. The topological polar surface area (TPSA) is 11.6 Å². The van der Waals surface area contributed by atoms with E-state index < -0.39 is 0 Å². The standard InChI is InChI=1S/C72H83F3N3/c1-42(2)30-56-41-71-58(24-27-67(78(71)15)59-34-46(7)18-19-48(59)9)63(72(56)75)35-45(6)17-16-44(5)32-55-40-70-54(39-65(55)74)22-26-68(77(70)14)61-38-52(37-49(10)50(61)11)20-21-53-33-47(8)36-60(51(53)12)69-28-23-57-62(31-43(3)4)64(73)25-29-66(57)76(69)13/h18-19,22-29,33-34,36-45H,16-17,20-21,30-32,35H2,1-15H3/q+3. The van der Waals surface area contributed by atoms with Crippen LogP contribution in [-0.2, 0) is 59.7 Å². The highest BCUT2D eigenvalue weighted by atomic mass is 19.1. The van der Waals surface area contributed by atoms with Crippen molar-refractivity contribution in [1.29, 1.82) is 0 Å². The first kappa shape index (κ1) is 56.1. The molecule has 0 aliphatic rings. The lowest BCUT2D eigenvalue weighted by molar-refractivity contribution is -0.633. The van der Waals surface area contributed by atoms with Gasteiger partial charge in [0.1, 0.15) is 38.6 Å². The van der Waals surface area contributed by atoms with Gasteiger partial charge in [0, 0.05) is 69.6 Å². The van der Waals surface area contributed by atoms with E-state index in [0.717, 1.165) is 97.7 Å². The van der Waals surface area contributed by atoms with Gasteiger partial charge in [-0.05, 0) is 202 Å². The lowest BCUT2D eigenvalue weighted by Crippen LogP contribution is -2.33.